The molecule has 1 heterocycles. The van der Waals surface area contributed by atoms with Crippen LogP contribution in [0.3, 0.4) is 0 Å². The molecule has 0 bridgehead atoms. The van der Waals surface area contributed by atoms with Crippen molar-refractivity contribution in [1.29, 1.82) is 0 Å². The minimum atomic E-state index is -0.220. The van der Waals surface area contributed by atoms with Gasteiger partial charge in [0.15, 0.2) is 0 Å². The van der Waals surface area contributed by atoms with Crippen LogP contribution in [0.15, 0.2) is 6.20 Å². The molecule has 15 heavy (non-hydrogen) atoms. The van der Waals surface area contributed by atoms with Gasteiger partial charge in [-0.15, -0.1) is 5.10 Å². The van der Waals surface area contributed by atoms with E-state index in [9.17, 15) is 4.79 Å². The van der Waals surface area contributed by atoms with Crippen LogP contribution >= 0.6 is 22.6 Å². The average molecular weight is 324 g/mol. The van der Waals surface area contributed by atoms with Crippen LogP contribution in [0.1, 0.15) is 5.69 Å². The Morgan fingerprint density at radius 1 is 1.80 bits per heavy atom. The largest absolute Gasteiger partial charge is 0.468 e. The molecular formula is C8H13IN4O2. The minimum Gasteiger partial charge on any atom is -0.468 e. The molecule has 1 aromatic rings. The summed E-state index contributed by atoms with van der Waals surface area (Å²) in [5, 5.41) is 10.8. The molecule has 1 N–H and O–H groups in total. The van der Waals surface area contributed by atoms with Crippen LogP contribution < -0.4 is 5.32 Å². The van der Waals surface area contributed by atoms with Gasteiger partial charge in [-0.2, -0.15) is 0 Å². The van der Waals surface area contributed by atoms with Crippen molar-refractivity contribution in [3.05, 3.63) is 11.9 Å². The van der Waals surface area contributed by atoms with E-state index in [2.05, 4.69) is 20.4 Å². The van der Waals surface area contributed by atoms with Gasteiger partial charge in [-0.3, -0.25) is 9.48 Å². The predicted molar refractivity (Wildman–Crippen MR) is 62.5 cm³/mol. The molecule has 1 atom stereocenters. The summed E-state index contributed by atoms with van der Waals surface area (Å²) in [6, 6.07) is 0. The Labute approximate surface area is 102 Å². The summed E-state index contributed by atoms with van der Waals surface area (Å²) >= 11 is 2.04. The first kappa shape index (κ1) is 12.4. The van der Waals surface area contributed by atoms with E-state index in [-0.39, 0.29) is 9.89 Å². The van der Waals surface area contributed by atoms with Crippen molar-refractivity contribution in [2.24, 2.45) is 7.05 Å². The van der Waals surface area contributed by atoms with E-state index >= 15 is 0 Å². The number of ether oxygens (including phenoxy) is 1. The number of carbonyl (C=O) groups is 1. The van der Waals surface area contributed by atoms with E-state index in [1.54, 1.807) is 4.68 Å². The fraction of sp³-hybridized carbons (Fsp3) is 0.625. The molecule has 0 fully saturated rings. The molecule has 0 aromatic carbocycles. The third kappa shape index (κ3) is 4.12. The highest BCUT2D eigenvalue weighted by Crippen LogP contribution is 2.01. The van der Waals surface area contributed by atoms with Gasteiger partial charge in [-0.1, -0.05) is 27.8 Å². The Kier molecular flexibility index (Phi) is 4.95. The molecule has 84 valence electrons. The topological polar surface area (TPSA) is 69.0 Å². The molecule has 6 nitrogen and oxygen atoms in total. The van der Waals surface area contributed by atoms with E-state index in [0.29, 0.717) is 13.1 Å². The van der Waals surface area contributed by atoms with Crippen molar-refractivity contribution in [3.8, 4) is 0 Å². The first-order chi connectivity index (χ1) is 7.13. The van der Waals surface area contributed by atoms with Crippen molar-refractivity contribution in [1.82, 2.24) is 20.3 Å². The number of alkyl halides is 1. The predicted octanol–water partition coefficient (Wildman–Crippen LogP) is -0.119. The first-order valence-electron chi connectivity index (χ1n) is 4.41. The zero-order valence-corrected chi connectivity index (χ0v) is 10.8. The van der Waals surface area contributed by atoms with E-state index in [1.807, 2.05) is 35.8 Å². The molecule has 1 aromatic heterocycles. The first-order valence-corrected chi connectivity index (χ1v) is 5.66. The maximum atomic E-state index is 11.1. The van der Waals surface area contributed by atoms with E-state index in [1.165, 1.54) is 7.11 Å². The smallest absolute Gasteiger partial charge is 0.319 e. The number of nitrogens with one attached hydrogen (secondary N) is 1. The summed E-state index contributed by atoms with van der Waals surface area (Å²) in [4.78, 5) is 11.1. The molecule has 1 unspecified atom stereocenters. The highest BCUT2D eigenvalue weighted by atomic mass is 127. The molecular weight excluding hydrogens is 311 g/mol. The highest BCUT2D eigenvalue weighted by Gasteiger charge is 2.14. The average Bonchev–Trinajstić information content (AvgIpc) is 2.63. The maximum Gasteiger partial charge on any atom is 0.319 e. The number of methoxy groups -OCH3 is 1. The number of hydrogen-bond acceptors (Lipinski definition) is 5. The zero-order valence-electron chi connectivity index (χ0n) is 8.61. The van der Waals surface area contributed by atoms with Crippen molar-refractivity contribution >= 4 is 28.6 Å². The van der Waals surface area contributed by atoms with Crippen LogP contribution in [-0.2, 0) is 23.1 Å². The van der Waals surface area contributed by atoms with Gasteiger partial charge in [0.1, 0.15) is 3.92 Å². The molecule has 7 heteroatoms. The zero-order chi connectivity index (χ0) is 11.3. The lowest BCUT2D eigenvalue weighted by molar-refractivity contribution is -0.139. The molecule has 0 aliphatic carbocycles. The van der Waals surface area contributed by atoms with Crippen LogP contribution in [0.25, 0.3) is 0 Å². The van der Waals surface area contributed by atoms with Crippen molar-refractivity contribution in [3.63, 3.8) is 0 Å². The number of carbonyl (C=O) groups excluding carboxylic acids is 1. The van der Waals surface area contributed by atoms with E-state index in [0.717, 1.165) is 5.69 Å². The maximum absolute atomic E-state index is 11.1. The highest BCUT2D eigenvalue weighted by molar-refractivity contribution is 14.1. The van der Waals surface area contributed by atoms with Gasteiger partial charge in [-0.05, 0) is 0 Å². The van der Waals surface area contributed by atoms with Gasteiger partial charge in [0.25, 0.3) is 0 Å². The fourth-order valence-electron chi connectivity index (χ4n) is 1.01. The number of aromatic nitrogens is 3. The van der Waals surface area contributed by atoms with E-state index < -0.39 is 0 Å². The number of hydrogen-bond donors (Lipinski definition) is 1. The van der Waals surface area contributed by atoms with Crippen LogP contribution in [0.5, 0.6) is 0 Å². The second kappa shape index (κ2) is 6.01. The van der Waals surface area contributed by atoms with Crippen LogP contribution in [0, 0.1) is 0 Å². The van der Waals surface area contributed by atoms with E-state index in [4.69, 9.17) is 0 Å². The SMILES string of the molecule is COC(=O)C(I)CNCc1cn(C)nn1. The normalized spacial score (nSPS) is 12.5. The van der Waals surface area contributed by atoms with Crippen LogP contribution in [-0.4, -0.2) is 38.5 Å². The second-order valence-corrected chi connectivity index (χ2v) is 4.51. The van der Waals surface area contributed by atoms with Crippen molar-refractivity contribution in [2.75, 3.05) is 13.7 Å². The summed E-state index contributed by atoms with van der Waals surface area (Å²) < 4.78 is 6.06. The van der Waals surface area contributed by atoms with Crippen LogP contribution in [0.4, 0.5) is 0 Å². The molecule has 0 amide bonds. The number of rotatable bonds is 5. The van der Waals surface area contributed by atoms with Gasteiger partial charge in [0, 0.05) is 26.3 Å². The Hall–Kier alpha value is -0.700. The Morgan fingerprint density at radius 2 is 2.53 bits per heavy atom. The third-order valence-electron chi connectivity index (χ3n) is 1.74. The van der Waals surface area contributed by atoms with Gasteiger partial charge in [0.05, 0.1) is 12.8 Å². The lowest BCUT2D eigenvalue weighted by Crippen LogP contribution is -2.29. The molecule has 0 saturated heterocycles. The Morgan fingerprint density at radius 3 is 3.07 bits per heavy atom. The van der Waals surface area contributed by atoms with Gasteiger partial charge < -0.3 is 10.1 Å². The number of halogens is 1. The number of nitrogens with zero attached hydrogens (tertiary/aromatic N) is 3. The molecule has 1 rings (SSSR count). The lowest BCUT2D eigenvalue weighted by Gasteiger charge is -2.07. The summed E-state index contributed by atoms with van der Waals surface area (Å²) in [5.74, 6) is -0.220. The molecule has 0 radical (unpaired) electrons. The number of aryl methyl sites for hydroxylation is 1. The van der Waals surface area contributed by atoms with Crippen molar-refractivity contribution < 1.29 is 9.53 Å². The monoisotopic (exact) mass is 324 g/mol. The van der Waals surface area contributed by atoms with Crippen molar-refractivity contribution in [2.45, 2.75) is 10.5 Å². The Balaban J connectivity index is 2.24. The molecule has 0 aliphatic rings. The van der Waals surface area contributed by atoms with Gasteiger partial charge in [0.2, 0.25) is 0 Å². The molecule has 0 spiro atoms. The summed E-state index contributed by atoms with van der Waals surface area (Å²) in [5.41, 5.74) is 0.853. The Bertz CT molecular complexity index is 328. The lowest BCUT2D eigenvalue weighted by atomic mass is 10.4. The number of esters is 1. The fourth-order valence-corrected chi connectivity index (χ4v) is 1.58. The van der Waals surface area contributed by atoms with Crippen LogP contribution in [0.2, 0.25) is 0 Å². The molecule has 0 saturated carbocycles. The quantitative estimate of drug-likeness (QED) is 0.465. The van der Waals surface area contributed by atoms with Gasteiger partial charge >= 0.3 is 5.97 Å². The van der Waals surface area contributed by atoms with Gasteiger partial charge in [-0.25, -0.2) is 0 Å². The summed E-state index contributed by atoms with van der Waals surface area (Å²) in [6.45, 7) is 1.16. The molecule has 0 aliphatic heterocycles. The standard InChI is InChI=1S/C8H13IN4O2/c1-13-5-6(11-12-13)3-10-4-7(9)8(14)15-2/h5,7,10H,3-4H2,1-2H3. The second-order valence-electron chi connectivity index (χ2n) is 3.01. The summed E-state index contributed by atoms with van der Waals surface area (Å²) in [7, 11) is 3.20. The third-order valence-corrected chi connectivity index (χ3v) is 2.69. The summed E-state index contributed by atoms with van der Waals surface area (Å²) in [6.07, 6.45) is 1.83. The minimum absolute atomic E-state index is 0.177.